The topological polar surface area (TPSA) is 104 Å². The molecule has 11 heteroatoms. The summed E-state index contributed by atoms with van der Waals surface area (Å²) in [7, 11) is -5.78. The van der Waals surface area contributed by atoms with Gasteiger partial charge in [0, 0.05) is 29.4 Å². The van der Waals surface area contributed by atoms with Crippen molar-refractivity contribution in [3.63, 3.8) is 0 Å². The molecule has 1 N–H and O–H groups in total. The fraction of sp³-hybridized carbons (Fsp3) is 0.480. The number of nitrogens with zero attached hydrogens (tertiary/aromatic N) is 2. The Balaban J connectivity index is 1.70. The summed E-state index contributed by atoms with van der Waals surface area (Å²) in [5, 5.41) is 2.75. The Bertz CT molecular complexity index is 1290. The summed E-state index contributed by atoms with van der Waals surface area (Å²) in [6, 6.07) is 11.0. The van der Waals surface area contributed by atoms with Crippen LogP contribution in [0.3, 0.4) is 0 Å². The molecule has 0 saturated carbocycles. The molecule has 1 amide bonds. The van der Waals surface area contributed by atoms with Crippen LogP contribution in [0.4, 0.5) is 11.4 Å². The number of carbonyl (C=O) groups excluding carboxylic acids is 1. The predicted molar refractivity (Wildman–Crippen MR) is 152 cm³/mol. The second-order valence-corrected chi connectivity index (χ2v) is 14.9. The molecule has 0 radical (unpaired) electrons. The summed E-state index contributed by atoms with van der Waals surface area (Å²) in [6.07, 6.45) is 5.13. The van der Waals surface area contributed by atoms with Crippen molar-refractivity contribution in [3.05, 3.63) is 51.6 Å². The van der Waals surface area contributed by atoms with E-state index in [4.69, 9.17) is 0 Å². The van der Waals surface area contributed by atoms with Crippen LogP contribution >= 0.6 is 22.6 Å². The van der Waals surface area contributed by atoms with E-state index in [2.05, 4.69) is 41.8 Å². The standard InChI is InChI=1S/C25H34IN3O5S2/c1-18(2)5-6-19-13-15-29(16-14-19)36(33,34)22-10-8-21(9-11-22)27-25(30)23-17-20(26)7-12-24(23)28(3)35(4,31)32/h7-12,17-19H,5-6,13-16H2,1-4H3,(H,27,30). The monoisotopic (exact) mass is 647 g/mol. The summed E-state index contributed by atoms with van der Waals surface area (Å²) in [4.78, 5) is 13.2. The molecule has 1 aliphatic heterocycles. The lowest BCUT2D eigenvalue weighted by atomic mass is 9.90. The average molecular weight is 648 g/mol. The molecule has 1 fully saturated rings. The number of carbonyl (C=O) groups is 1. The summed E-state index contributed by atoms with van der Waals surface area (Å²) < 4.78 is 53.7. The second-order valence-electron chi connectivity index (χ2n) is 9.69. The van der Waals surface area contributed by atoms with Crippen LogP contribution in [0, 0.1) is 15.4 Å². The van der Waals surface area contributed by atoms with E-state index < -0.39 is 26.0 Å². The van der Waals surface area contributed by atoms with Gasteiger partial charge < -0.3 is 5.32 Å². The molecular formula is C25H34IN3O5S2. The van der Waals surface area contributed by atoms with E-state index in [-0.39, 0.29) is 16.1 Å². The first-order valence-electron chi connectivity index (χ1n) is 11.9. The Kier molecular flexibility index (Phi) is 9.45. The lowest BCUT2D eigenvalue weighted by Crippen LogP contribution is -2.38. The number of hydrogen-bond donors (Lipinski definition) is 1. The number of halogens is 1. The number of benzene rings is 2. The van der Waals surface area contributed by atoms with Crippen molar-refractivity contribution in [2.75, 3.05) is 36.0 Å². The normalized spacial score (nSPS) is 15.7. The minimum Gasteiger partial charge on any atom is -0.322 e. The van der Waals surface area contributed by atoms with E-state index in [1.807, 2.05) is 0 Å². The van der Waals surface area contributed by atoms with Gasteiger partial charge in [0.05, 0.1) is 22.4 Å². The van der Waals surface area contributed by atoms with Crippen molar-refractivity contribution in [3.8, 4) is 0 Å². The van der Waals surface area contributed by atoms with Crippen molar-refractivity contribution >= 4 is 59.9 Å². The van der Waals surface area contributed by atoms with Gasteiger partial charge in [0.15, 0.2) is 0 Å². The molecule has 0 bridgehead atoms. The number of anilines is 2. The Labute approximate surface area is 228 Å². The molecule has 8 nitrogen and oxygen atoms in total. The highest BCUT2D eigenvalue weighted by Gasteiger charge is 2.29. The molecule has 0 aliphatic carbocycles. The first kappa shape index (κ1) is 28.9. The third kappa shape index (κ3) is 7.20. The quantitative estimate of drug-likeness (QED) is 0.395. The zero-order chi connectivity index (χ0) is 26.7. The lowest BCUT2D eigenvalue weighted by Gasteiger charge is -2.31. The van der Waals surface area contributed by atoms with Crippen molar-refractivity contribution < 1.29 is 21.6 Å². The molecule has 1 saturated heterocycles. The molecule has 0 aromatic heterocycles. The van der Waals surface area contributed by atoms with Crippen molar-refractivity contribution in [2.45, 2.75) is 44.4 Å². The third-order valence-electron chi connectivity index (χ3n) is 6.52. The smallest absolute Gasteiger partial charge is 0.257 e. The Morgan fingerprint density at radius 3 is 2.25 bits per heavy atom. The average Bonchev–Trinajstić information content (AvgIpc) is 2.82. The molecule has 198 valence electrons. The van der Waals surface area contributed by atoms with Gasteiger partial charge in [-0.05, 0) is 89.7 Å². The zero-order valence-electron chi connectivity index (χ0n) is 21.1. The van der Waals surface area contributed by atoms with Gasteiger partial charge in [-0.1, -0.05) is 26.7 Å². The fourth-order valence-corrected chi connectivity index (χ4v) is 6.69. The van der Waals surface area contributed by atoms with Crippen LogP contribution in [-0.4, -0.2) is 53.4 Å². The largest absolute Gasteiger partial charge is 0.322 e. The molecule has 3 rings (SSSR count). The number of sulfonamides is 2. The second kappa shape index (κ2) is 11.8. The minimum absolute atomic E-state index is 0.188. The van der Waals surface area contributed by atoms with E-state index >= 15 is 0 Å². The minimum atomic E-state index is -3.61. The van der Waals surface area contributed by atoms with Gasteiger partial charge in [-0.3, -0.25) is 9.10 Å². The van der Waals surface area contributed by atoms with Crippen LogP contribution in [-0.2, 0) is 20.0 Å². The van der Waals surface area contributed by atoms with Crippen LogP contribution in [0.25, 0.3) is 0 Å². The first-order valence-corrected chi connectivity index (χ1v) is 16.3. The van der Waals surface area contributed by atoms with Gasteiger partial charge >= 0.3 is 0 Å². The predicted octanol–water partition coefficient (Wildman–Crippen LogP) is 4.78. The highest BCUT2D eigenvalue weighted by molar-refractivity contribution is 14.1. The van der Waals surface area contributed by atoms with Crippen LogP contribution in [0.15, 0.2) is 47.4 Å². The highest BCUT2D eigenvalue weighted by Crippen LogP contribution is 2.29. The van der Waals surface area contributed by atoms with Crippen LogP contribution < -0.4 is 9.62 Å². The first-order chi connectivity index (χ1) is 16.8. The molecule has 1 heterocycles. The third-order valence-corrected chi connectivity index (χ3v) is 10.3. The number of amides is 1. The summed E-state index contributed by atoms with van der Waals surface area (Å²) in [5.41, 5.74) is 0.872. The number of nitrogens with one attached hydrogen (secondary N) is 1. The SMILES string of the molecule is CC(C)CCC1CCN(S(=O)(=O)c2ccc(NC(=O)c3cc(I)ccc3N(C)S(C)(=O)=O)cc2)CC1. The van der Waals surface area contributed by atoms with E-state index in [0.29, 0.717) is 30.6 Å². The van der Waals surface area contributed by atoms with Crippen molar-refractivity contribution in [2.24, 2.45) is 11.8 Å². The maximum absolute atomic E-state index is 13.1. The maximum atomic E-state index is 13.1. The molecule has 0 unspecified atom stereocenters. The van der Waals surface area contributed by atoms with Crippen LogP contribution in [0.1, 0.15) is 49.9 Å². The molecule has 36 heavy (non-hydrogen) atoms. The van der Waals surface area contributed by atoms with Gasteiger partial charge in [0.2, 0.25) is 20.0 Å². The summed E-state index contributed by atoms with van der Waals surface area (Å²) in [6.45, 7) is 5.46. The summed E-state index contributed by atoms with van der Waals surface area (Å²) in [5.74, 6) is 0.741. The molecule has 2 aromatic carbocycles. The van der Waals surface area contributed by atoms with Crippen LogP contribution in [0.5, 0.6) is 0 Å². The fourth-order valence-electron chi connectivity index (χ4n) is 4.21. The van der Waals surface area contributed by atoms with Crippen molar-refractivity contribution in [1.82, 2.24) is 4.31 Å². The van der Waals surface area contributed by atoms with E-state index in [1.54, 1.807) is 34.6 Å². The number of hydrogen-bond acceptors (Lipinski definition) is 5. The molecule has 2 aromatic rings. The summed E-state index contributed by atoms with van der Waals surface area (Å²) >= 11 is 2.05. The van der Waals surface area contributed by atoms with E-state index in [0.717, 1.165) is 33.4 Å². The van der Waals surface area contributed by atoms with Gasteiger partial charge in [-0.25, -0.2) is 16.8 Å². The van der Waals surface area contributed by atoms with Gasteiger partial charge in [-0.15, -0.1) is 0 Å². The highest BCUT2D eigenvalue weighted by atomic mass is 127. The van der Waals surface area contributed by atoms with E-state index in [1.165, 1.54) is 25.6 Å². The molecule has 0 spiro atoms. The number of rotatable bonds is 9. The van der Waals surface area contributed by atoms with Crippen LogP contribution in [0.2, 0.25) is 0 Å². The maximum Gasteiger partial charge on any atom is 0.257 e. The molecule has 1 aliphatic rings. The lowest BCUT2D eigenvalue weighted by molar-refractivity contribution is 0.102. The van der Waals surface area contributed by atoms with Gasteiger partial charge in [-0.2, -0.15) is 4.31 Å². The van der Waals surface area contributed by atoms with E-state index in [9.17, 15) is 21.6 Å². The van der Waals surface area contributed by atoms with Gasteiger partial charge in [0.1, 0.15) is 0 Å². The Morgan fingerprint density at radius 2 is 1.69 bits per heavy atom. The zero-order valence-corrected chi connectivity index (χ0v) is 24.9. The Morgan fingerprint density at radius 1 is 1.08 bits per heavy atom. The van der Waals surface area contributed by atoms with Crippen molar-refractivity contribution in [1.29, 1.82) is 0 Å². The molecule has 0 atom stereocenters. The molecular weight excluding hydrogens is 613 g/mol. The number of piperidine rings is 1. The Hall–Kier alpha value is -1.70. The van der Waals surface area contributed by atoms with Gasteiger partial charge in [0.25, 0.3) is 5.91 Å².